The third kappa shape index (κ3) is 4.45. The van der Waals surface area contributed by atoms with Crippen LogP contribution in [-0.2, 0) is 0 Å². The van der Waals surface area contributed by atoms with Crippen molar-refractivity contribution in [3.05, 3.63) is 65.2 Å². The van der Waals surface area contributed by atoms with Gasteiger partial charge in [-0.25, -0.2) is 5.43 Å². The predicted octanol–water partition coefficient (Wildman–Crippen LogP) is 3.16. The molecule has 0 aliphatic heterocycles. The largest absolute Gasteiger partial charge is 0.494 e. The monoisotopic (exact) mass is 282 g/mol. The van der Waals surface area contributed by atoms with Gasteiger partial charge in [-0.15, -0.1) is 0 Å². The molecule has 0 fully saturated rings. The third-order valence-corrected chi connectivity index (χ3v) is 2.88. The van der Waals surface area contributed by atoms with E-state index in [-0.39, 0.29) is 5.91 Å². The van der Waals surface area contributed by atoms with Crippen molar-refractivity contribution in [2.45, 2.75) is 13.8 Å². The number of amides is 1. The van der Waals surface area contributed by atoms with E-state index in [1.807, 2.05) is 38.1 Å². The number of hydrazone groups is 1. The molecule has 2 aromatic carbocycles. The zero-order valence-corrected chi connectivity index (χ0v) is 12.2. The standard InChI is InChI=1S/C17H18N2O2/c1-3-21-16-10-8-15(9-11-16)17(20)19-18-12-14-6-4-13(2)5-7-14/h4-12H,3H2,1-2H3,(H,19,20)/b18-12+. The fraction of sp³-hybridized carbons (Fsp3) is 0.176. The summed E-state index contributed by atoms with van der Waals surface area (Å²) in [6, 6.07) is 14.8. The summed E-state index contributed by atoms with van der Waals surface area (Å²) in [5.74, 6) is 0.499. The van der Waals surface area contributed by atoms with E-state index in [1.165, 1.54) is 5.56 Å². The lowest BCUT2D eigenvalue weighted by Crippen LogP contribution is -2.17. The van der Waals surface area contributed by atoms with Gasteiger partial charge in [-0.3, -0.25) is 4.79 Å². The molecule has 0 unspecified atom stereocenters. The highest BCUT2D eigenvalue weighted by Gasteiger charge is 2.03. The van der Waals surface area contributed by atoms with Crippen LogP contribution in [0.5, 0.6) is 5.75 Å². The van der Waals surface area contributed by atoms with Gasteiger partial charge in [0, 0.05) is 5.56 Å². The van der Waals surface area contributed by atoms with Crippen LogP contribution in [-0.4, -0.2) is 18.7 Å². The molecule has 2 rings (SSSR count). The van der Waals surface area contributed by atoms with Gasteiger partial charge in [-0.2, -0.15) is 5.10 Å². The van der Waals surface area contributed by atoms with Crippen molar-refractivity contribution in [1.82, 2.24) is 5.43 Å². The van der Waals surface area contributed by atoms with Crippen LogP contribution >= 0.6 is 0 Å². The van der Waals surface area contributed by atoms with Crippen LogP contribution in [0.1, 0.15) is 28.4 Å². The maximum Gasteiger partial charge on any atom is 0.271 e. The molecular weight excluding hydrogens is 264 g/mol. The van der Waals surface area contributed by atoms with Crippen molar-refractivity contribution in [2.24, 2.45) is 5.10 Å². The minimum absolute atomic E-state index is 0.249. The van der Waals surface area contributed by atoms with Gasteiger partial charge in [-0.05, 0) is 43.7 Å². The summed E-state index contributed by atoms with van der Waals surface area (Å²) in [6.07, 6.45) is 1.62. The van der Waals surface area contributed by atoms with Gasteiger partial charge in [0.2, 0.25) is 0 Å². The molecular formula is C17H18N2O2. The molecule has 0 spiro atoms. The van der Waals surface area contributed by atoms with E-state index in [0.717, 1.165) is 11.3 Å². The molecule has 0 aliphatic carbocycles. The van der Waals surface area contributed by atoms with Gasteiger partial charge in [0.1, 0.15) is 5.75 Å². The molecule has 0 aliphatic rings. The van der Waals surface area contributed by atoms with Crippen molar-refractivity contribution >= 4 is 12.1 Å². The number of nitrogens with zero attached hydrogens (tertiary/aromatic N) is 1. The number of aryl methyl sites for hydroxylation is 1. The maximum absolute atomic E-state index is 11.9. The topological polar surface area (TPSA) is 50.7 Å². The minimum atomic E-state index is -0.249. The predicted molar refractivity (Wildman–Crippen MR) is 83.9 cm³/mol. The Bertz CT molecular complexity index is 616. The average molecular weight is 282 g/mol. The van der Waals surface area contributed by atoms with Gasteiger partial charge >= 0.3 is 0 Å². The molecule has 0 atom stereocenters. The molecule has 4 heteroatoms. The average Bonchev–Trinajstić information content (AvgIpc) is 2.50. The van der Waals surface area contributed by atoms with Crippen LogP contribution in [0.15, 0.2) is 53.6 Å². The van der Waals surface area contributed by atoms with Crippen molar-refractivity contribution in [3.63, 3.8) is 0 Å². The number of carbonyl (C=O) groups is 1. The highest BCUT2D eigenvalue weighted by atomic mass is 16.5. The van der Waals surface area contributed by atoms with Crippen LogP contribution in [0.4, 0.5) is 0 Å². The van der Waals surface area contributed by atoms with Crippen LogP contribution in [0, 0.1) is 6.92 Å². The van der Waals surface area contributed by atoms with Gasteiger partial charge < -0.3 is 4.74 Å². The summed E-state index contributed by atoms with van der Waals surface area (Å²) in [7, 11) is 0. The molecule has 0 aromatic heterocycles. The maximum atomic E-state index is 11.9. The SMILES string of the molecule is CCOc1ccc(C(=O)N/N=C/c2ccc(C)cc2)cc1. The number of rotatable bonds is 5. The van der Waals surface area contributed by atoms with E-state index in [2.05, 4.69) is 10.5 Å². The number of hydrogen-bond donors (Lipinski definition) is 1. The minimum Gasteiger partial charge on any atom is -0.494 e. The van der Waals surface area contributed by atoms with E-state index >= 15 is 0 Å². The molecule has 1 amide bonds. The fourth-order valence-corrected chi connectivity index (χ4v) is 1.75. The number of nitrogens with one attached hydrogen (secondary N) is 1. The Morgan fingerprint density at radius 3 is 2.43 bits per heavy atom. The smallest absolute Gasteiger partial charge is 0.271 e. The van der Waals surface area contributed by atoms with Crippen LogP contribution in [0.25, 0.3) is 0 Å². The quantitative estimate of drug-likeness (QED) is 0.676. The normalized spacial score (nSPS) is 10.6. The Morgan fingerprint density at radius 1 is 1.14 bits per heavy atom. The lowest BCUT2D eigenvalue weighted by atomic mass is 10.2. The summed E-state index contributed by atoms with van der Waals surface area (Å²) >= 11 is 0. The molecule has 1 N–H and O–H groups in total. The first-order valence-electron chi connectivity index (χ1n) is 6.82. The highest BCUT2D eigenvalue weighted by Crippen LogP contribution is 2.11. The summed E-state index contributed by atoms with van der Waals surface area (Å²) in [4.78, 5) is 11.9. The van der Waals surface area contributed by atoms with E-state index in [9.17, 15) is 4.79 Å². The van der Waals surface area contributed by atoms with E-state index in [4.69, 9.17) is 4.74 Å². The van der Waals surface area contributed by atoms with Crippen molar-refractivity contribution in [3.8, 4) is 5.75 Å². The zero-order valence-electron chi connectivity index (χ0n) is 12.2. The zero-order chi connectivity index (χ0) is 15.1. The Balaban J connectivity index is 1.93. The van der Waals surface area contributed by atoms with Crippen molar-refractivity contribution in [2.75, 3.05) is 6.61 Å². The number of hydrogen-bond acceptors (Lipinski definition) is 3. The lowest BCUT2D eigenvalue weighted by Gasteiger charge is -2.04. The van der Waals surface area contributed by atoms with Crippen LogP contribution < -0.4 is 10.2 Å². The van der Waals surface area contributed by atoms with E-state index in [0.29, 0.717) is 12.2 Å². The summed E-state index contributed by atoms with van der Waals surface area (Å²) in [6.45, 7) is 4.54. The Labute approximate surface area is 124 Å². The molecule has 21 heavy (non-hydrogen) atoms. The third-order valence-electron chi connectivity index (χ3n) is 2.88. The highest BCUT2D eigenvalue weighted by molar-refractivity contribution is 5.94. The first kappa shape index (κ1) is 14.8. The molecule has 0 saturated carbocycles. The van der Waals surface area contributed by atoms with E-state index < -0.39 is 0 Å². The van der Waals surface area contributed by atoms with Gasteiger partial charge in [0.05, 0.1) is 12.8 Å². The molecule has 108 valence electrons. The summed E-state index contributed by atoms with van der Waals surface area (Å²) in [5, 5.41) is 3.95. The van der Waals surface area contributed by atoms with Crippen LogP contribution in [0.3, 0.4) is 0 Å². The van der Waals surface area contributed by atoms with Crippen molar-refractivity contribution in [1.29, 1.82) is 0 Å². The summed E-state index contributed by atoms with van der Waals surface area (Å²) in [5.41, 5.74) is 5.17. The number of ether oxygens (including phenoxy) is 1. The molecule has 0 bridgehead atoms. The van der Waals surface area contributed by atoms with Gasteiger partial charge in [0.25, 0.3) is 5.91 Å². The van der Waals surface area contributed by atoms with Crippen molar-refractivity contribution < 1.29 is 9.53 Å². The van der Waals surface area contributed by atoms with E-state index in [1.54, 1.807) is 30.5 Å². The lowest BCUT2D eigenvalue weighted by molar-refractivity contribution is 0.0955. The van der Waals surface area contributed by atoms with Gasteiger partial charge in [-0.1, -0.05) is 29.8 Å². The summed E-state index contributed by atoms with van der Waals surface area (Å²) < 4.78 is 5.33. The number of benzene rings is 2. The Hall–Kier alpha value is -2.62. The second kappa shape index (κ2) is 7.24. The second-order valence-corrected chi connectivity index (χ2v) is 4.57. The molecule has 2 aromatic rings. The fourth-order valence-electron chi connectivity index (χ4n) is 1.75. The molecule has 4 nitrogen and oxygen atoms in total. The molecule has 0 saturated heterocycles. The molecule has 0 heterocycles. The number of carbonyl (C=O) groups excluding carboxylic acids is 1. The molecule has 0 radical (unpaired) electrons. The van der Waals surface area contributed by atoms with Gasteiger partial charge in [0.15, 0.2) is 0 Å². The van der Waals surface area contributed by atoms with Crippen LogP contribution in [0.2, 0.25) is 0 Å². The first-order chi connectivity index (χ1) is 10.2. The Kier molecular flexibility index (Phi) is 5.10. The first-order valence-corrected chi connectivity index (χ1v) is 6.82. The second-order valence-electron chi connectivity index (χ2n) is 4.57. The Morgan fingerprint density at radius 2 is 1.81 bits per heavy atom.